The third-order valence-electron chi connectivity index (χ3n) is 4.73. The quantitative estimate of drug-likeness (QED) is 0.817. The van der Waals surface area contributed by atoms with Crippen molar-refractivity contribution in [2.45, 2.75) is 53.6 Å². The number of carbonyl (C=O) groups excluding carboxylic acids is 1. The van der Waals surface area contributed by atoms with E-state index in [0.717, 1.165) is 0 Å². The summed E-state index contributed by atoms with van der Waals surface area (Å²) in [5.41, 5.74) is 7.37. The first-order chi connectivity index (χ1) is 11.8. The molecule has 3 heteroatoms. The first kappa shape index (κ1) is 19.2. The topological polar surface area (TPSA) is 41.1 Å². The number of benzene rings is 2. The van der Waals surface area contributed by atoms with E-state index in [2.05, 4.69) is 81.7 Å². The standard InChI is InChI=1S/C22H30N2O/c1-14-7-9-20(16(3)11-14)18(5)23-13-22(25)24-19(6)21-10-8-15(2)12-17(21)4/h7-12,18-19,23H,13H2,1-6H3,(H,24,25)/t18-,19+/m0/s1. The number of amides is 1. The van der Waals surface area contributed by atoms with Gasteiger partial charge in [-0.1, -0.05) is 47.5 Å². The van der Waals surface area contributed by atoms with Crippen LogP contribution in [0.15, 0.2) is 36.4 Å². The normalized spacial score (nSPS) is 13.4. The van der Waals surface area contributed by atoms with Gasteiger partial charge in [-0.3, -0.25) is 4.79 Å². The first-order valence-electron chi connectivity index (χ1n) is 8.95. The highest BCUT2D eigenvalue weighted by Crippen LogP contribution is 2.19. The fourth-order valence-electron chi connectivity index (χ4n) is 3.35. The molecule has 2 N–H and O–H groups in total. The van der Waals surface area contributed by atoms with Gasteiger partial charge in [0.2, 0.25) is 5.91 Å². The highest BCUT2D eigenvalue weighted by molar-refractivity contribution is 5.78. The van der Waals surface area contributed by atoms with E-state index < -0.39 is 0 Å². The van der Waals surface area contributed by atoms with Crippen LogP contribution in [0.5, 0.6) is 0 Å². The Morgan fingerprint density at radius 2 is 1.32 bits per heavy atom. The molecule has 3 nitrogen and oxygen atoms in total. The van der Waals surface area contributed by atoms with Crippen molar-refractivity contribution in [1.29, 1.82) is 0 Å². The van der Waals surface area contributed by atoms with E-state index in [1.54, 1.807) is 0 Å². The molecular weight excluding hydrogens is 308 g/mol. The molecule has 2 rings (SSSR count). The number of hydrogen-bond acceptors (Lipinski definition) is 2. The van der Waals surface area contributed by atoms with Gasteiger partial charge in [0.15, 0.2) is 0 Å². The Labute approximate surface area is 151 Å². The van der Waals surface area contributed by atoms with Gasteiger partial charge in [-0.25, -0.2) is 0 Å². The Balaban J connectivity index is 1.91. The van der Waals surface area contributed by atoms with Gasteiger partial charge in [-0.2, -0.15) is 0 Å². The van der Waals surface area contributed by atoms with Crippen molar-refractivity contribution in [2.24, 2.45) is 0 Å². The highest BCUT2D eigenvalue weighted by atomic mass is 16.1. The van der Waals surface area contributed by atoms with Crippen molar-refractivity contribution in [3.8, 4) is 0 Å². The summed E-state index contributed by atoms with van der Waals surface area (Å²) in [6.45, 7) is 12.8. The Morgan fingerprint density at radius 1 is 0.840 bits per heavy atom. The van der Waals surface area contributed by atoms with Crippen LogP contribution in [0.2, 0.25) is 0 Å². The Kier molecular flexibility index (Phi) is 6.38. The molecule has 0 radical (unpaired) electrons. The van der Waals surface area contributed by atoms with Crippen LogP contribution in [-0.2, 0) is 4.79 Å². The van der Waals surface area contributed by atoms with Crippen LogP contribution < -0.4 is 10.6 Å². The number of aryl methyl sites for hydroxylation is 4. The van der Waals surface area contributed by atoms with Gasteiger partial charge in [0, 0.05) is 6.04 Å². The summed E-state index contributed by atoms with van der Waals surface area (Å²) >= 11 is 0. The molecule has 0 aliphatic carbocycles. The second-order valence-corrected chi connectivity index (χ2v) is 7.11. The molecule has 25 heavy (non-hydrogen) atoms. The molecular formula is C22H30N2O. The molecule has 0 aliphatic heterocycles. The third-order valence-corrected chi connectivity index (χ3v) is 4.73. The molecule has 0 bridgehead atoms. The Hall–Kier alpha value is -2.13. The van der Waals surface area contributed by atoms with Gasteiger partial charge >= 0.3 is 0 Å². The summed E-state index contributed by atoms with van der Waals surface area (Å²) in [5.74, 6) is 0.0177. The van der Waals surface area contributed by atoms with Crippen molar-refractivity contribution in [2.75, 3.05) is 6.54 Å². The molecule has 1 amide bonds. The minimum absolute atomic E-state index is 0.00585. The molecule has 0 aromatic heterocycles. The molecule has 0 saturated carbocycles. The molecule has 0 spiro atoms. The second kappa shape index (κ2) is 8.30. The molecule has 2 aromatic rings. The van der Waals surface area contributed by atoms with Crippen LogP contribution in [0.3, 0.4) is 0 Å². The van der Waals surface area contributed by atoms with Crippen molar-refractivity contribution in [3.05, 3.63) is 69.8 Å². The van der Waals surface area contributed by atoms with Gasteiger partial charge in [0.25, 0.3) is 0 Å². The van der Waals surface area contributed by atoms with Gasteiger partial charge in [0.05, 0.1) is 12.6 Å². The van der Waals surface area contributed by atoms with Crippen LogP contribution in [0.1, 0.15) is 59.3 Å². The van der Waals surface area contributed by atoms with E-state index in [-0.39, 0.29) is 18.0 Å². The lowest BCUT2D eigenvalue weighted by atomic mass is 10.00. The summed E-state index contributed by atoms with van der Waals surface area (Å²) in [6, 6.07) is 12.9. The Bertz CT molecular complexity index is 752. The second-order valence-electron chi connectivity index (χ2n) is 7.11. The van der Waals surface area contributed by atoms with E-state index in [4.69, 9.17) is 0 Å². The molecule has 0 fully saturated rings. The maximum Gasteiger partial charge on any atom is 0.234 e. The number of nitrogens with one attached hydrogen (secondary N) is 2. The van der Waals surface area contributed by atoms with Crippen LogP contribution >= 0.6 is 0 Å². The van der Waals surface area contributed by atoms with Crippen molar-refractivity contribution < 1.29 is 4.79 Å². The molecule has 0 heterocycles. The number of rotatable bonds is 6. The van der Waals surface area contributed by atoms with E-state index in [1.807, 2.05) is 6.92 Å². The lowest BCUT2D eigenvalue weighted by Crippen LogP contribution is -2.36. The average molecular weight is 338 g/mol. The van der Waals surface area contributed by atoms with Gasteiger partial charge < -0.3 is 10.6 Å². The predicted molar refractivity (Wildman–Crippen MR) is 105 cm³/mol. The van der Waals surface area contributed by atoms with Gasteiger partial charge in [-0.05, 0) is 63.8 Å². The molecule has 2 atom stereocenters. The molecule has 0 unspecified atom stereocenters. The highest BCUT2D eigenvalue weighted by Gasteiger charge is 2.14. The lowest BCUT2D eigenvalue weighted by Gasteiger charge is -2.20. The monoisotopic (exact) mass is 338 g/mol. The van der Waals surface area contributed by atoms with Crippen molar-refractivity contribution in [1.82, 2.24) is 10.6 Å². The minimum atomic E-state index is 0.00585. The maximum atomic E-state index is 12.3. The zero-order valence-corrected chi connectivity index (χ0v) is 16.2. The van der Waals surface area contributed by atoms with Gasteiger partial charge in [0.1, 0.15) is 0 Å². The van der Waals surface area contributed by atoms with Crippen molar-refractivity contribution >= 4 is 5.91 Å². The third kappa shape index (κ3) is 5.17. The van der Waals surface area contributed by atoms with E-state index in [0.29, 0.717) is 6.54 Å². The zero-order valence-electron chi connectivity index (χ0n) is 16.2. The average Bonchev–Trinajstić information content (AvgIpc) is 2.52. The van der Waals surface area contributed by atoms with Crippen LogP contribution in [0.25, 0.3) is 0 Å². The summed E-state index contributed by atoms with van der Waals surface area (Å²) in [7, 11) is 0. The van der Waals surface area contributed by atoms with E-state index in [1.165, 1.54) is 33.4 Å². The largest absolute Gasteiger partial charge is 0.348 e. The molecule has 0 aliphatic rings. The summed E-state index contributed by atoms with van der Waals surface area (Å²) < 4.78 is 0. The summed E-state index contributed by atoms with van der Waals surface area (Å²) in [6.07, 6.45) is 0. The molecule has 0 saturated heterocycles. The fraction of sp³-hybridized carbons (Fsp3) is 0.409. The van der Waals surface area contributed by atoms with E-state index >= 15 is 0 Å². The van der Waals surface area contributed by atoms with Crippen molar-refractivity contribution in [3.63, 3.8) is 0 Å². The molecule has 2 aromatic carbocycles. The van der Waals surface area contributed by atoms with Gasteiger partial charge in [-0.15, -0.1) is 0 Å². The SMILES string of the molecule is Cc1ccc([C@H](C)NCC(=O)N[C@H](C)c2ccc(C)cc2C)c(C)c1. The van der Waals surface area contributed by atoms with Crippen LogP contribution in [0.4, 0.5) is 0 Å². The summed E-state index contributed by atoms with van der Waals surface area (Å²) in [4.78, 5) is 12.3. The smallest absolute Gasteiger partial charge is 0.234 e. The number of carbonyl (C=O) groups is 1. The number of hydrogen-bond donors (Lipinski definition) is 2. The van der Waals surface area contributed by atoms with E-state index in [9.17, 15) is 4.79 Å². The van der Waals surface area contributed by atoms with Crippen LogP contribution in [-0.4, -0.2) is 12.5 Å². The zero-order chi connectivity index (χ0) is 18.6. The lowest BCUT2D eigenvalue weighted by molar-refractivity contribution is -0.121. The summed E-state index contributed by atoms with van der Waals surface area (Å²) in [5, 5.41) is 6.41. The molecule has 134 valence electrons. The minimum Gasteiger partial charge on any atom is -0.348 e. The fourth-order valence-corrected chi connectivity index (χ4v) is 3.35. The maximum absolute atomic E-state index is 12.3. The van der Waals surface area contributed by atoms with Crippen LogP contribution in [0, 0.1) is 27.7 Å². The Morgan fingerprint density at radius 3 is 1.80 bits per heavy atom. The predicted octanol–water partition coefficient (Wildman–Crippen LogP) is 4.45. The first-order valence-corrected chi connectivity index (χ1v) is 8.95.